The maximum absolute atomic E-state index is 10.7. The predicted molar refractivity (Wildman–Crippen MR) is 124 cm³/mol. The first kappa shape index (κ1) is 22.0. The average Bonchev–Trinajstić information content (AvgIpc) is 3.21. The van der Waals surface area contributed by atoms with Gasteiger partial charge in [-0.25, -0.2) is 4.79 Å². The van der Waals surface area contributed by atoms with Gasteiger partial charge in [0.05, 0.1) is 6.61 Å². The van der Waals surface area contributed by atoms with Crippen molar-refractivity contribution in [3.8, 4) is 17.2 Å². The molecule has 0 atom stereocenters. The molecule has 4 rings (SSSR count). The fraction of sp³-hybridized carbons (Fsp3) is 0.174. The Balaban J connectivity index is 1.39. The molecule has 9 heteroatoms. The van der Waals surface area contributed by atoms with Gasteiger partial charge in [-0.2, -0.15) is 0 Å². The minimum absolute atomic E-state index is 0.356. The van der Waals surface area contributed by atoms with Crippen LogP contribution in [0.4, 0.5) is 0 Å². The minimum atomic E-state index is -1.00. The first-order chi connectivity index (χ1) is 15.5. The number of hydrogen-bond donors (Lipinski definition) is 1. The van der Waals surface area contributed by atoms with Crippen molar-refractivity contribution in [1.82, 2.24) is 15.0 Å². The first-order valence-electron chi connectivity index (χ1n) is 9.82. The molecule has 0 bridgehead atoms. The quantitative estimate of drug-likeness (QED) is 0.272. The van der Waals surface area contributed by atoms with Gasteiger partial charge in [0.2, 0.25) is 0 Å². The molecule has 0 saturated heterocycles. The summed E-state index contributed by atoms with van der Waals surface area (Å²) in [6, 6.07) is 18.7. The number of nitrogens with zero attached hydrogens (tertiary/aromatic N) is 3. The molecule has 0 aliphatic carbocycles. The standard InChI is InChI=1S/C23H20ClN3O4S/c1-15-12-17(7-9-21(15)31-14-23(28)29)32-11-10-30-22-8-6-16(24)13-20(22)27-25-18-4-2-3-5-19(18)26-27/h2-9,12-13H,10-11,14H2,1H3,(H,28,29). The Hall–Kier alpha value is -3.23. The van der Waals surface area contributed by atoms with E-state index in [0.717, 1.165) is 21.5 Å². The number of rotatable bonds is 9. The highest BCUT2D eigenvalue weighted by molar-refractivity contribution is 7.99. The number of aryl methyl sites for hydroxylation is 1. The molecule has 0 amide bonds. The lowest BCUT2D eigenvalue weighted by Crippen LogP contribution is -2.10. The number of fused-ring (bicyclic) bond motifs is 1. The molecule has 3 aromatic carbocycles. The Bertz CT molecular complexity index is 1230. The number of thioether (sulfide) groups is 1. The number of carboxylic acid groups (broad SMARTS) is 1. The van der Waals surface area contributed by atoms with Gasteiger partial charge in [-0.1, -0.05) is 23.7 Å². The molecule has 32 heavy (non-hydrogen) atoms. The maximum atomic E-state index is 10.7. The molecule has 1 aromatic heterocycles. The second-order valence-electron chi connectivity index (χ2n) is 6.90. The fourth-order valence-electron chi connectivity index (χ4n) is 3.06. The highest BCUT2D eigenvalue weighted by Crippen LogP contribution is 2.28. The van der Waals surface area contributed by atoms with E-state index in [1.807, 2.05) is 49.4 Å². The molecule has 0 saturated carbocycles. The van der Waals surface area contributed by atoms with E-state index in [2.05, 4.69) is 10.2 Å². The number of hydrogen-bond acceptors (Lipinski definition) is 6. The second-order valence-corrected chi connectivity index (χ2v) is 8.50. The number of carboxylic acids is 1. The van der Waals surface area contributed by atoms with Crippen LogP contribution in [0.5, 0.6) is 11.5 Å². The Labute approximate surface area is 193 Å². The summed E-state index contributed by atoms with van der Waals surface area (Å²) in [4.78, 5) is 13.2. The molecule has 1 heterocycles. The number of aliphatic carboxylic acids is 1. The highest BCUT2D eigenvalue weighted by atomic mass is 35.5. The smallest absolute Gasteiger partial charge is 0.341 e. The van der Waals surface area contributed by atoms with Crippen LogP contribution in [0.2, 0.25) is 5.02 Å². The van der Waals surface area contributed by atoms with Crippen molar-refractivity contribution in [3.05, 3.63) is 71.2 Å². The summed E-state index contributed by atoms with van der Waals surface area (Å²) in [5.41, 5.74) is 3.14. The van der Waals surface area contributed by atoms with E-state index in [0.29, 0.717) is 34.6 Å². The van der Waals surface area contributed by atoms with E-state index in [1.54, 1.807) is 30.0 Å². The van der Waals surface area contributed by atoms with Gasteiger partial charge in [-0.3, -0.25) is 0 Å². The lowest BCUT2D eigenvalue weighted by atomic mass is 10.2. The van der Waals surface area contributed by atoms with Crippen LogP contribution in [0.1, 0.15) is 5.56 Å². The van der Waals surface area contributed by atoms with Crippen LogP contribution in [0, 0.1) is 6.92 Å². The van der Waals surface area contributed by atoms with Crippen LogP contribution >= 0.6 is 23.4 Å². The van der Waals surface area contributed by atoms with Gasteiger partial charge >= 0.3 is 5.97 Å². The number of halogens is 1. The van der Waals surface area contributed by atoms with E-state index in [4.69, 9.17) is 26.2 Å². The average molecular weight is 470 g/mol. The molecule has 0 aliphatic rings. The molecular formula is C23H20ClN3O4S. The van der Waals surface area contributed by atoms with Crippen molar-refractivity contribution >= 4 is 40.4 Å². The van der Waals surface area contributed by atoms with E-state index in [1.165, 1.54) is 4.80 Å². The van der Waals surface area contributed by atoms with Gasteiger partial charge in [0.25, 0.3) is 0 Å². The van der Waals surface area contributed by atoms with Gasteiger partial charge in [0.1, 0.15) is 28.2 Å². The topological polar surface area (TPSA) is 86.5 Å². The fourth-order valence-corrected chi connectivity index (χ4v) is 4.05. The molecule has 0 spiro atoms. The summed E-state index contributed by atoms with van der Waals surface area (Å²) < 4.78 is 11.3. The zero-order valence-electron chi connectivity index (χ0n) is 17.2. The normalized spacial score (nSPS) is 10.9. The highest BCUT2D eigenvalue weighted by Gasteiger charge is 2.12. The molecule has 0 fully saturated rings. The van der Waals surface area contributed by atoms with Crippen LogP contribution in [-0.2, 0) is 4.79 Å². The molecule has 7 nitrogen and oxygen atoms in total. The summed E-state index contributed by atoms with van der Waals surface area (Å²) in [7, 11) is 0. The summed E-state index contributed by atoms with van der Waals surface area (Å²) in [5.74, 6) is 0.924. The van der Waals surface area contributed by atoms with Crippen molar-refractivity contribution in [3.63, 3.8) is 0 Å². The third kappa shape index (κ3) is 5.33. The van der Waals surface area contributed by atoms with E-state index < -0.39 is 5.97 Å². The largest absolute Gasteiger partial charge is 0.490 e. The SMILES string of the molecule is Cc1cc(SCCOc2ccc(Cl)cc2-n2nc3ccccc3n2)ccc1OCC(=O)O. The molecule has 4 aromatic rings. The Kier molecular flexibility index (Phi) is 6.82. The molecule has 0 aliphatic heterocycles. The molecule has 1 N–H and O–H groups in total. The van der Waals surface area contributed by atoms with Gasteiger partial charge in [0, 0.05) is 15.7 Å². The van der Waals surface area contributed by atoms with Crippen LogP contribution in [0.3, 0.4) is 0 Å². The summed E-state index contributed by atoms with van der Waals surface area (Å²) in [6.07, 6.45) is 0. The summed E-state index contributed by atoms with van der Waals surface area (Å²) >= 11 is 7.84. The maximum Gasteiger partial charge on any atom is 0.341 e. The monoisotopic (exact) mass is 469 g/mol. The number of carbonyl (C=O) groups is 1. The first-order valence-corrected chi connectivity index (χ1v) is 11.2. The lowest BCUT2D eigenvalue weighted by Gasteiger charge is -2.12. The summed E-state index contributed by atoms with van der Waals surface area (Å²) in [6.45, 7) is 2.00. The Morgan fingerprint density at radius 1 is 1.03 bits per heavy atom. The molecule has 0 unspecified atom stereocenters. The molecule has 0 radical (unpaired) electrons. The van der Waals surface area contributed by atoms with Gasteiger partial charge < -0.3 is 14.6 Å². The Morgan fingerprint density at radius 2 is 1.75 bits per heavy atom. The zero-order chi connectivity index (χ0) is 22.5. The van der Waals surface area contributed by atoms with Crippen molar-refractivity contribution in [1.29, 1.82) is 0 Å². The zero-order valence-corrected chi connectivity index (χ0v) is 18.8. The van der Waals surface area contributed by atoms with Gasteiger partial charge in [0.15, 0.2) is 6.61 Å². The van der Waals surface area contributed by atoms with E-state index in [9.17, 15) is 4.79 Å². The number of benzene rings is 3. The predicted octanol–water partition coefficient (Wildman–Crippen LogP) is 5.02. The van der Waals surface area contributed by atoms with Crippen LogP contribution in [0.15, 0.2) is 65.6 Å². The minimum Gasteiger partial charge on any atom is -0.490 e. The number of ether oxygens (including phenoxy) is 2. The number of aromatic nitrogens is 3. The van der Waals surface area contributed by atoms with Crippen molar-refractivity contribution in [2.45, 2.75) is 11.8 Å². The third-order valence-electron chi connectivity index (χ3n) is 4.53. The van der Waals surface area contributed by atoms with Crippen LogP contribution < -0.4 is 9.47 Å². The van der Waals surface area contributed by atoms with Crippen LogP contribution in [-0.4, -0.2) is 45.0 Å². The van der Waals surface area contributed by atoms with Crippen molar-refractivity contribution < 1.29 is 19.4 Å². The van der Waals surface area contributed by atoms with Crippen molar-refractivity contribution in [2.24, 2.45) is 0 Å². The third-order valence-corrected chi connectivity index (χ3v) is 5.72. The van der Waals surface area contributed by atoms with E-state index >= 15 is 0 Å². The van der Waals surface area contributed by atoms with E-state index in [-0.39, 0.29) is 6.61 Å². The summed E-state index contributed by atoms with van der Waals surface area (Å²) in [5, 5.41) is 18.4. The second kappa shape index (κ2) is 9.93. The van der Waals surface area contributed by atoms with Crippen molar-refractivity contribution in [2.75, 3.05) is 19.0 Å². The van der Waals surface area contributed by atoms with Gasteiger partial charge in [-0.05, 0) is 61.0 Å². The van der Waals surface area contributed by atoms with Crippen LogP contribution in [0.25, 0.3) is 16.7 Å². The van der Waals surface area contributed by atoms with Gasteiger partial charge in [-0.15, -0.1) is 26.8 Å². The molecular weight excluding hydrogens is 450 g/mol. The Morgan fingerprint density at radius 3 is 2.44 bits per heavy atom. The molecule has 164 valence electrons. The lowest BCUT2D eigenvalue weighted by molar-refractivity contribution is -0.139.